The number of aliphatic hydroxyl groups excluding tert-OH is 1. The third kappa shape index (κ3) is 15.8. The van der Waals surface area contributed by atoms with Gasteiger partial charge in [-0.2, -0.15) is 0 Å². The topological polar surface area (TPSA) is 148 Å². The second-order valence-corrected chi connectivity index (χ2v) is 8.53. The van der Waals surface area contributed by atoms with Gasteiger partial charge in [0.1, 0.15) is 11.6 Å². The number of alkyl carbamates (subject to hydrolysis) is 1. The first-order chi connectivity index (χ1) is 12.9. The molecule has 0 aliphatic heterocycles. The van der Waals surface area contributed by atoms with Gasteiger partial charge < -0.3 is 30.7 Å². The van der Waals surface area contributed by atoms with Gasteiger partial charge in [0, 0.05) is 6.04 Å². The molecule has 186 valence electrons. The molecule has 0 heterocycles. The Morgan fingerprint density at radius 2 is 1.52 bits per heavy atom. The number of esters is 1. The summed E-state index contributed by atoms with van der Waals surface area (Å²) >= 11 is 0. The van der Waals surface area contributed by atoms with Crippen molar-refractivity contribution in [3.63, 3.8) is 0 Å². The maximum Gasteiger partial charge on any atom is 0.408 e. The zero-order valence-corrected chi connectivity index (χ0v) is 18.4. The highest BCUT2D eigenvalue weighted by Gasteiger charge is 2.32. The summed E-state index contributed by atoms with van der Waals surface area (Å²) in [6, 6.07) is -1.30. The number of halogens is 1. The molecule has 10 heteroatoms. The molecule has 0 saturated heterocycles. The molecule has 0 spiro atoms. The highest BCUT2D eigenvalue weighted by atomic mass is 35.5. The standard InChI is InChI=1S/C11H19NO4.C8H15NO3.2CH4.ClH/c1-11(2,3)16-10(15)12-8(9(13)14)6-7-4-5-7;1-12-8(11)7(10)6(9)4-5-2-3-5;;;/h7-8H,4-6H2,1-3H3,(H,12,15)(H,13,14);5-7,10H,2-4,9H2,1H3;2*1H4;1H. The minimum atomic E-state index is -1.16. The summed E-state index contributed by atoms with van der Waals surface area (Å²) in [4.78, 5) is 33.1. The van der Waals surface area contributed by atoms with Crippen molar-refractivity contribution < 1.29 is 34.1 Å². The van der Waals surface area contributed by atoms with Gasteiger partial charge in [-0.05, 0) is 45.4 Å². The van der Waals surface area contributed by atoms with Gasteiger partial charge in [-0.3, -0.25) is 0 Å². The van der Waals surface area contributed by atoms with Gasteiger partial charge in [0.2, 0.25) is 0 Å². The van der Waals surface area contributed by atoms with Crippen molar-refractivity contribution in [2.24, 2.45) is 17.6 Å². The molecule has 2 fully saturated rings. The van der Waals surface area contributed by atoms with Crippen LogP contribution in [-0.4, -0.2) is 59.1 Å². The maximum atomic E-state index is 11.4. The Labute approximate surface area is 192 Å². The first kappa shape index (κ1) is 34.0. The van der Waals surface area contributed by atoms with Crippen LogP contribution in [0.5, 0.6) is 0 Å². The number of hydrogen-bond acceptors (Lipinski definition) is 7. The van der Waals surface area contributed by atoms with E-state index in [0.717, 1.165) is 19.3 Å². The van der Waals surface area contributed by atoms with E-state index >= 15 is 0 Å². The van der Waals surface area contributed by atoms with Crippen molar-refractivity contribution in [1.29, 1.82) is 0 Å². The molecular weight excluding hydrogens is 428 g/mol. The number of hydrogen-bond donors (Lipinski definition) is 4. The van der Waals surface area contributed by atoms with Crippen molar-refractivity contribution in [3.8, 4) is 0 Å². The van der Waals surface area contributed by atoms with E-state index in [-0.39, 0.29) is 27.3 Å². The first-order valence-electron chi connectivity index (χ1n) is 9.66. The van der Waals surface area contributed by atoms with Crippen LogP contribution in [0.2, 0.25) is 0 Å². The number of amides is 1. The monoisotopic (exact) mass is 470 g/mol. The lowest BCUT2D eigenvalue weighted by Crippen LogP contribution is -2.43. The zero-order chi connectivity index (χ0) is 21.5. The normalized spacial score (nSPS) is 17.5. The molecule has 9 nitrogen and oxygen atoms in total. The van der Waals surface area contributed by atoms with Gasteiger partial charge in [-0.25, -0.2) is 14.4 Å². The van der Waals surface area contributed by atoms with Crippen LogP contribution in [0.3, 0.4) is 0 Å². The van der Waals surface area contributed by atoms with Crippen LogP contribution < -0.4 is 11.1 Å². The third-order valence-corrected chi connectivity index (χ3v) is 4.41. The largest absolute Gasteiger partial charge is 0.480 e. The highest BCUT2D eigenvalue weighted by Crippen LogP contribution is 2.34. The average Bonchev–Trinajstić information content (AvgIpc) is 3.47. The SMILES string of the molecule is C.C.CC(C)(C)OC(=O)NC(CC1CC1)C(=O)O.COC(=O)C(O)C(N)CC1CC1.Cl. The summed E-state index contributed by atoms with van der Waals surface area (Å²) in [6.45, 7) is 5.22. The fraction of sp³-hybridized carbons (Fsp3) is 0.857. The second kappa shape index (κ2) is 15.3. The van der Waals surface area contributed by atoms with Crippen LogP contribution in [0.25, 0.3) is 0 Å². The summed E-state index contributed by atoms with van der Waals surface area (Å²) in [7, 11) is 1.25. The summed E-state index contributed by atoms with van der Waals surface area (Å²) in [5.41, 5.74) is 4.98. The number of nitrogens with one attached hydrogen (secondary N) is 1. The number of carboxylic acid groups (broad SMARTS) is 1. The lowest BCUT2D eigenvalue weighted by Gasteiger charge is -2.21. The van der Waals surface area contributed by atoms with Crippen molar-refractivity contribution in [2.75, 3.05) is 7.11 Å². The molecule has 2 aliphatic carbocycles. The number of carboxylic acids is 1. The van der Waals surface area contributed by atoms with E-state index in [2.05, 4.69) is 10.1 Å². The summed E-state index contributed by atoms with van der Waals surface area (Å²) in [5.74, 6) is -0.587. The Morgan fingerprint density at radius 3 is 1.87 bits per heavy atom. The average molecular weight is 471 g/mol. The zero-order valence-electron chi connectivity index (χ0n) is 17.6. The Balaban J connectivity index is -0.000000476. The van der Waals surface area contributed by atoms with Crippen LogP contribution >= 0.6 is 12.4 Å². The van der Waals surface area contributed by atoms with E-state index in [0.29, 0.717) is 18.3 Å². The van der Waals surface area contributed by atoms with Gasteiger partial charge in [-0.1, -0.05) is 40.5 Å². The number of aliphatic carboxylic acids is 1. The lowest BCUT2D eigenvalue weighted by atomic mass is 10.1. The van der Waals surface area contributed by atoms with Gasteiger partial charge in [0.15, 0.2) is 6.10 Å². The predicted octanol–water partition coefficient (Wildman–Crippen LogP) is 3.11. The molecule has 2 rings (SSSR count). The Hall–Kier alpha value is -1.58. The number of ether oxygens (including phenoxy) is 2. The van der Waals surface area contributed by atoms with E-state index < -0.39 is 41.8 Å². The lowest BCUT2D eigenvalue weighted by molar-refractivity contribution is -0.151. The smallest absolute Gasteiger partial charge is 0.408 e. The molecule has 3 unspecified atom stereocenters. The molecule has 31 heavy (non-hydrogen) atoms. The number of aliphatic hydroxyl groups is 1. The van der Waals surface area contributed by atoms with Crippen molar-refractivity contribution in [2.45, 2.75) is 97.9 Å². The minimum absolute atomic E-state index is 0. The number of nitrogens with two attached hydrogens (primary N) is 1. The summed E-state index contributed by atoms with van der Waals surface area (Å²) < 4.78 is 9.37. The first-order valence-corrected chi connectivity index (χ1v) is 9.66. The van der Waals surface area contributed by atoms with Gasteiger partial charge in [0.05, 0.1) is 7.11 Å². The van der Waals surface area contributed by atoms with Crippen LogP contribution in [0, 0.1) is 11.8 Å². The van der Waals surface area contributed by atoms with E-state index in [1.807, 2.05) is 0 Å². The molecule has 2 saturated carbocycles. The number of carbonyl (C=O) groups excluding carboxylic acids is 2. The highest BCUT2D eigenvalue weighted by molar-refractivity contribution is 5.85. The second-order valence-electron chi connectivity index (χ2n) is 8.53. The molecule has 1 amide bonds. The predicted molar refractivity (Wildman–Crippen MR) is 122 cm³/mol. The summed E-state index contributed by atoms with van der Waals surface area (Å²) in [6.07, 6.45) is 3.84. The fourth-order valence-electron chi connectivity index (χ4n) is 2.52. The molecule has 0 aromatic carbocycles. The van der Waals surface area contributed by atoms with Gasteiger partial charge in [-0.15, -0.1) is 12.4 Å². The quantitative estimate of drug-likeness (QED) is 0.395. The van der Waals surface area contributed by atoms with E-state index in [1.54, 1.807) is 20.8 Å². The van der Waals surface area contributed by atoms with Crippen LogP contribution in [-0.2, 0) is 19.1 Å². The molecule has 5 N–H and O–H groups in total. The number of methoxy groups -OCH3 is 1. The molecule has 0 bridgehead atoms. The third-order valence-electron chi connectivity index (χ3n) is 4.41. The van der Waals surface area contributed by atoms with Crippen molar-refractivity contribution in [3.05, 3.63) is 0 Å². The molecule has 0 radical (unpaired) electrons. The minimum Gasteiger partial charge on any atom is -0.480 e. The van der Waals surface area contributed by atoms with Crippen molar-refractivity contribution in [1.82, 2.24) is 5.32 Å². The molecule has 3 atom stereocenters. The van der Waals surface area contributed by atoms with Crippen molar-refractivity contribution >= 4 is 30.4 Å². The van der Waals surface area contributed by atoms with Gasteiger partial charge in [0.25, 0.3) is 0 Å². The van der Waals surface area contributed by atoms with Crippen LogP contribution in [0.1, 0.15) is 74.1 Å². The van der Waals surface area contributed by atoms with Gasteiger partial charge >= 0.3 is 18.0 Å². The summed E-state index contributed by atoms with van der Waals surface area (Å²) in [5, 5.41) is 20.6. The number of carbonyl (C=O) groups is 3. The Kier molecular flexibility index (Phi) is 16.8. The molecule has 2 aliphatic rings. The molecular formula is C21H43ClN2O7. The van der Waals surface area contributed by atoms with E-state index in [9.17, 15) is 19.5 Å². The van der Waals surface area contributed by atoms with E-state index in [1.165, 1.54) is 20.0 Å². The number of rotatable bonds is 8. The Bertz CT molecular complexity index is 546. The van der Waals surface area contributed by atoms with E-state index in [4.69, 9.17) is 15.6 Å². The fourth-order valence-corrected chi connectivity index (χ4v) is 2.52. The molecule has 0 aromatic heterocycles. The van der Waals surface area contributed by atoms with Crippen LogP contribution in [0.15, 0.2) is 0 Å². The maximum absolute atomic E-state index is 11.4. The Morgan fingerprint density at radius 1 is 1.06 bits per heavy atom. The van der Waals surface area contributed by atoms with Crippen LogP contribution in [0.4, 0.5) is 4.79 Å². The molecule has 0 aromatic rings.